The van der Waals surface area contributed by atoms with Gasteiger partial charge in [0.25, 0.3) is 0 Å². The average molecular weight is 469 g/mol. The van der Waals surface area contributed by atoms with Crippen molar-refractivity contribution in [3.05, 3.63) is 133 Å². The largest absolute Gasteiger partial charge is 0.356 e. The quantitative estimate of drug-likeness (QED) is 0.225. The highest BCUT2D eigenvalue weighted by atomic mass is 14.9. The third-order valence-electron chi connectivity index (χ3n) is 6.45. The summed E-state index contributed by atoms with van der Waals surface area (Å²) >= 11 is 0. The van der Waals surface area contributed by atoms with E-state index in [2.05, 4.69) is 121 Å². The van der Waals surface area contributed by atoms with Crippen LogP contribution < -0.4 is 10.6 Å². The van der Waals surface area contributed by atoms with Gasteiger partial charge in [0, 0.05) is 22.7 Å². The summed E-state index contributed by atoms with van der Waals surface area (Å²) in [6.45, 7) is 2.25. The fourth-order valence-corrected chi connectivity index (χ4v) is 4.57. The molecule has 178 valence electrons. The van der Waals surface area contributed by atoms with Crippen LogP contribution in [0.25, 0.3) is 22.3 Å². The van der Waals surface area contributed by atoms with Crippen molar-refractivity contribution in [2.24, 2.45) is 0 Å². The Hall–Kier alpha value is -4.30. The zero-order valence-corrected chi connectivity index (χ0v) is 20.7. The summed E-state index contributed by atoms with van der Waals surface area (Å²) < 4.78 is 0. The number of anilines is 4. The summed E-state index contributed by atoms with van der Waals surface area (Å²) in [6.07, 6.45) is 3.46. The predicted octanol–water partition coefficient (Wildman–Crippen LogP) is 9.85. The van der Waals surface area contributed by atoms with Crippen molar-refractivity contribution in [1.29, 1.82) is 0 Å². The van der Waals surface area contributed by atoms with Crippen LogP contribution in [0.5, 0.6) is 0 Å². The second-order valence-electron chi connectivity index (χ2n) is 9.08. The Morgan fingerprint density at radius 1 is 0.472 bits per heavy atom. The van der Waals surface area contributed by atoms with E-state index in [1.807, 2.05) is 24.3 Å². The fourth-order valence-electron chi connectivity index (χ4n) is 4.57. The van der Waals surface area contributed by atoms with Crippen LogP contribution in [-0.4, -0.2) is 0 Å². The van der Waals surface area contributed by atoms with Crippen LogP contribution in [-0.2, 0) is 6.42 Å². The monoisotopic (exact) mass is 468 g/mol. The number of hydrogen-bond donors (Lipinski definition) is 2. The summed E-state index contributed by atoms with van der Waals surface area (Å²) in [5, 5.41) is 7.07. The molecular weight excluding hydrogens is 436 g/mol. The highest BCUT2D eigenvalue weighted by molar-refractivity contribution is 5.88. The molecule has 0 atom stereocenters. The predicted molar refractivity (Wildman–Crippen MR) is 155 cm³/mol. The molecule has 0 saturated heterocycles. The molecule has 0 aliphatic carbocycles. The van der Waals surface area contributed by atoms with Crippen LogP contribution in [0.2, 0.25) is 0 Å². The van der Waals surface area contributed by atoms with Gasteiger partial charge in [-0.1, -0.05) is 92.2 Å². The molecule has 0 aliphatic heterocycles. The van der Waals surface area contributed by atoms with Gasteiger partial charge >= 0.3 is 0 Å². The third-order valence-corrected chi connectivity index (χ3v) is 6.45. The van der Waals surface area contributed by atoms with Gasteiger partial charge in [0.2, 0.25) is 0 Å². The van der Waals surface area contributed by atoms with Gasteiger partial charge in [-0.3, -0.25) is 0 Å². The zero-order chi connectivity index (χ0) is 24.6. The molecule has 0 radical (unpaired) electrons. The fraction of sp³-hybridized carbons (Fsp3) is 0.118. The number of hydrogen-bond acceptors (Lipinski definition) is 2. The first kappa shape index (κ1) is 23.4. The Balaban J connectivity index is 1.53. The summed E-state index contributed by atoms with van der Waals surface area (Å²) in [5.41, 5.74) is 10.8. The lowest BCUT2D eigenvalue weighted by atomic mass is 9.89. The number of unbranched alkanes of at least 4 members (excludes halogenated alkanes) is 1. The van der Waals surface area contributed by atoms with E-state index >= 15 is 0 Å². The molecule has 0 bridgehead atoms. The lowest BCUT2D eigenvalue weighted by molar-refractivity contribution is 0.796. The summed E-state index contributed by atoms with van der Waals surface area (Å²) in [7, 11) is 0. The van der Waals surface area contributed by atoms with E-state index in [1.165, 1.54) is 40.7 Å². The van der Waals surface area contributed by atoms with Crippen molar-refractivity contribution in [2.75, 3.05) is 10.6 Å². The second kappa shape index (κ2) is 11.4. The SMILES string of the molecule is CCCCc1ccccc1-c1cc(Nc2ccccc2)ccc1-c1ccc(Nc2ccccc2)cc1. The molecule has 0 saturated carbocycles. The van der Waals surface area contributed by atoms with E-state index in [4.69, 9.17) is 0 Å². The van der Waals surface area contributed by atoms with Crippen molar-refractivity contribution in [3.8, 4) is 22.3 Å². The maximum atomic E-state index is 3.58. The first-order valence-corrected chi connectivity index (χ1v) is 12.8. The minimum atomic E-state index is 1.08. The number of nitrogens with one attached hydrogen (secondary N) is 2. The first-order chi connectivity index (χ1) is 17.8. The molecule has 0 fully saturated rings. The van der Waals surface area contributed by atoms with Crippen LogP contribution in [0.4, 0.5) is 22.7 Å². The van der Waals surface area contributed by atoms with Crippen molar-refractivity contribution >= 4 is 22.7 Å². The second-order valence-corrected chi connectivity index (χ2v) is 9.08. The standard InChI is InChI=1S/C34H32N2/c1-2-3-12-26-13-10-11-18-32(26)34-25-31(36-29-16-8-5-9-17-29)23-24-33(34)27-19-21-30(22-20-27)35-28-14-6-4-7-15-28/h4-11,13-25,35-36H,2-3,12H2,1H3. The number of aryl methyl sites for hydroxylation is 1. The highest BCUT2D eigenvalue weighted by Gasteiger charge is 2.13. The van der Waals surface area contributed by atoms with Gasteiger partial charge in [-0.2, -0.15) is 0 Å². The van der Waals surface area contributed by atoms with E-state index in [0.29, 0.717) is 0 Å². The Morgan fingerprint density at radius 2 is 1.03 bits per heavy atom. The maximum Gasteiger partial charge on any atom is 0.0390 e. The molecule has 2 nitrogen and oxygen atoms in total. The minimum absolute atomic E-state index is 1.08. The van der Waals surface area contributed by atoms with Gasteiger partial charge in [-0.05, 0) is 89.2 Å². The van der Waals surface area contributed by atoms with E-state index < -0.39 is 0 Å². The topological polar surface area (TPSA) is 24.1 Å². The molecule has 2 heteroatoms. The van der Waals surface area contributed by atoms with E-state index in [1.54, 1.807) is 0 Å². The molecule has 0 spiro atoms. The molecule has 0 amide bonds. The van der Waals surface area contributed by atoms with Gasteiger partial charge in [-0.15, -0.1) is 0 Å². The summed E-state index contributed by atoms with van der Waals surface area (Å²) in [5.74, 6) is 0. The van der Waals surface area contributed by atoms with Crippen molar-refractivity contribution < 1.29 is 0 Å². The highest BCUT2D eigenvalue weighted by Crippen LogP contribution is 2.37. The van der Waals surface area contributed by atoms with Gasteiger partial charge in [0.1, 0.15) is 0 Å². The summed E-state index contributed by atoms with van der Waals surface area (Å²) in [4.78, 5) is 0. The van der Waals surface area contributed by atoms with E-state index in [0.717, 1.165) is 29.2 Å². The number of benzene rings is 5. The van der Waals surface area contributed by atoms with Crippen molar-refractivity contribution in [3.63, 3.8) is 0 Å². The Bertz CT molecular complexity index is 1390. The lowest BCUT2D eigenvalue weighted by Crippen LogP contribution is -1.96. The molecule has 5 aromatic rings. The Morgan fingerprint density at radius 3 is 1.69 bits per heavy atom. The molecule has 5 aromatic carbocycles. The van der Waals surface area contributed by atoms with Gasteiger partial charge in [0.15, 0.2) is 0 Å². The summed E-state index contributed by atoms with van der Waals surface area (Å²) in [6, 6.07) is 44.9. The Kier molecular flexibility index (Phi) is 7.44. The molecule has 5 rings (SSSR count). The molecule has 2 N–H and O–H groups in total. The van der Waals surface area contributed by atoms with Crippen LogP contribution in [0.15, 0.2) is 127 Å². The van der Waals surface area contributed by atoms with Crippen LogP contribution in [0.1, 0.15) is 25.3 Å². The van der Waals surface area contributed by atoms with Crippen LogP contribution in [0.3, 0.4) is 0 Å². The lowest BCUT2D eigenvalue weighted by Gasteiger charge is -2.17. The normalized spacial score (nSPS) is 10.7. The van der Waals surface area contributed by atoms with E-state index in [-0.39, 0.29) is 0 Å². The van der Waals surface area contributed by atoms with Gasteiger partial charge in [0.05, 0.1) is 0 Å². The average Bonchev–Trinajstić information content (AvgIpc) is 2.94. The zero-order valence-electron chi connectivity index (χ0n) is 20.7. The third kappa shape index (κ3) is 5.67. The molecule has 0 heterocycles. The van der Waals surface area contributed by atoms with E-state index in [9.17, 15) is 0 Å². The van der Waals surface area contributed by atoms with Crippen LogP contribution >= 0.6 is 0 Å². The first-order valence-electron chi connectivity index (χ1n) is 12.8. The van der Waals surface area contributed by atoms with Crippen LogP contribution in [0, 0.1) is 0 Å². The van der Waals surface area contributed by atoms with Crippen molar-refractivity contribution in [2.45, 2.75) is 26.2 Å². The Labute approximate surface area is 214 Å². The maximum absolute atomic E-state index is 3.58. The minimum Gasteiger partial charge on any atom is -0.356 e. The molecule has 0 aromatic heterocycles. The smallest absolute Gasteiger partial charge is 0.0390 e. The number of rotatable bonds is 9. The molecule has 0 aliphatic rings. The number of para-hydroxylation sites is 2. The van der Waals surface area contributed by atoms with Gasteiger partial charge < -0.3 is 10.6 Å². The molecule has 36 heavy (non-hydrogen) atoms. The van der Waals surface area contributed by atoms with Gasteiger partial charge in [-0.25, -0.2) is 0 Å². The van der Waals surface area contributed by atoms with Crippen molar-refractivity contribution in [1.82, 2.24) is 0 Å². The molecule has 0 unspecified atom stereocenters. The molecular formula is C34H32N2.